The van der Waals surface area contributed by atoms with Gasteiger partial charge in [-0.2, -0.15) is 0 Å². The lowest BCUT2D eigenvalue weighted by atomic mass is 9.86. The zero-order valence-electron chi connectivity index (χ0n) is 16.7. The number of carboxylic acids is 1. The molecule has 1 aromatic rings. The Morgan fingerprint density at radius 3 is 2.00 bits per heavy atom. The van der Waals surface area contributed by atoms with Crippen LogP contribution in [0.1, 0.15) is 84.3 Å². The molecule has 3 heteroatoms. The van der Waals surface area contributed by atoms with Gasteiger partial charge in [0, 0.05) is 0 Å². The average molecular weight is 349 g/mol. The van der Waals surface area contributed by atoms with Crippen molar-refractivity contribution in [1.29, 1.82) is 0 Å². The lowest BCUT2D eigenvalue weighted by Gasteiger charge is -2.19. The van der Waals surface area contributed by atoms with Crippen molar-refractivity contribution in [3.8, 4) is 5.75 Å². The van der Waals surface area contributed by atoms with Crippen molar-refractivity contribution < 1.29 is 15.0 Å². The number of carbonyl (C=O) groups is 1. The monoisotopic (exact) mass is 348 g/mol. The zero-order valence-corrected chi connectivity index (χ0v) is 16.7. The molecule has 0 heterocycles. The summed E-state index contributed by atoms with van der Waals surface area (Å²) in [5.41, 5.74) is 2.26. The average Bonchev–Trinajstić information content (AvgIpc) is 2.48. The molecule has 0 spiro atoms. The second-order valence-electron chi connectivity index (χ2n) is 9.12. The minimum absolute atomic E-state index is 0.319. The largest absolute Gasteiger partial charge is 0.508 e. The molecule has 0 radical (unpaired) electrons. The molecule has 0 saturated heterocycles. The molecule has 2 N–H and O–H groups in total. The quantitative estimate of drug-likeness (QED) is 0.512. The Hall–Kier alpha value is -1.51. The second-order valence-corrected chi connectivity index (χ2v) is 9.12. The minimum atomic E-state index is -0.732. The predicted octanol–water partition coefficient (Wildman–Crippen LogP) is 5.97. The zero-order chi connectivity index (χ0) is 19.1. The van der Waals surface area contributed by atoms with Gasteiger partial charge in [-0.15, -0.1) is 0 Å². The third-order valence-electron chi connectivity index (χ3n) is 4.89. The number of phenols is 1. The fourth-order valence-corrected chi connectivity index (χ4v) is 3.05. The van der Waals surface area contributed by atoms with E-state index in [0.29, 0.717) is 17.6 Å². The van der Waals surface area contributed by atoms with Gasteiger partial charge in [-0.05, 0) is 81.0 Å². The number of benzene rings is 1. The van der Waals surface area contributed by atoms with Crippen LogP contribution in [0.15, 0.2) is 18.2 Å². The van der Waals surface area contributed by atoms with E-state index in [0.717, 1.165) is 25.7 Å². The highest BCUT2D eigenvalue weighted by Gasteiger charge is 2.26. The molecule has 0 aliphatic heterocycles. The Bertz CT molecular complexity index is 553. The summed E-state index contributed by atoms with van der Waals surface area (Å²) in [6, 6.07) is 5.69. The van der Waals surface area contributed by atoms with Gasteiger partial charge in [0.1, 0.15) is 5.75 Å². The molecule has 0 unspecified atom stereocenters. The van der Waals surface area contributed by atoms with E-state index in [1.807, 2.05) is 12.1 Å². The lowest BCUT2D eigenvalue weighted by Crippen LogP contribution is -2.23. The number of rotatable bonds is 10. The number of aliphatic carboxylic acids is 1. The standard InChI is InChI=1S/C22H36O3/c1-21(2,3)14-8-6-10-17-12-13-19(23)16-18(17)11-7-9-15-22(4,5)20(24)25/h12-13,16,23H,6-11,14-15H2,1-5H3,(H,24,25). The van der Waals surface area contributed by atoms with Crippen molar-refractivity contribution >= 4 is 5.97 Å². The van der Waals surface area contributed by atoms with Crippen LogP contribution in [-0.4, -0.2) is 16.2 Å². The highest BCUT2D eigenvalue weighted by molar-refractivity contribution is 5.73. The third-order valence-corrected chi connectivity index (χ3v) is 4.89. The molecular weight excluding hydrogens is 312 g/mol. The van der Waals surface area contributed by atoms with Crippen molar-refractivity contribution in [3.63, 3.8) is 0 Å². The van der Waals surface area contributed by atoms with Crippen LogP contribution >= 0.6 is 0 Å². The summed E-state index contributed by atoms with van der Waals surface area (Å²) in [4.78, 5) is 11.2. The van der Waals surface area contributed by atoms with Gasteiger partial charge in [0.05, 0.1) is 5.41 Å². The van der Waals surface area contributed by atoms with Crippen LogP contribution in [0.4, 0.5) is 0 Å². The minimum Gasteiger partial charge on any atom is -0.508 e. The summed E-state index contributed by atoms with van der Waals surface area (Å²) in [6.45, 7) is 10.4. The Labute approximate surface area is 153 Å². The van der Waals surface area contributed by atoms with Crippen molar-refractivity contribution in [2.75, 3.05) is 0 Å². The first kappa shape index (κ1) is 21.5. The van der Waals surface area contributed by atoms with E-state index in [1.165, 1.54) is 30.4 Å². The number of phenolic OH excluding ortho intramolecular Hbond substituents is 1. The van der Waals surface area contributed by atoms with Crippen LogP contribution in [0.5, 0.6) is 5.75 Å². The molecule has 0 atom stereocenters. The highest BCUT2D eigenvalue weighted by atomic mass is 16.4. The lowest BCUT2D eigenvalue weighted by molar-refractivity contribution is -0.147. The topological polar surface area (TPSA) is 57.5 Å². The number of aromatic hydroxyl groups is 1. The molecular formula is C22H36O3. The van der Waals surface area contributed by atoms with Crippen molar-refractivity contribution in [2.24, 2.45) is 10.8 Å². The van der Waals surface area contributed by atoms with Crippen LogP contribution in [0.25, 0.3) is 0 Å². The molecule has 1 aromatic carbocycles. The Balaban J connectivity index is 2.52. The summed E-state index contributed by atoms with van der Waals surface area (Å²) in [5.74, 6) is -0.413. The van der Waals surface area contributed by atoms with Crippen molar-refractivity contribution in [3.05, 3.63) is 29.3 Å². The van der Waals surface area contributed by atoms with Gasteiger partial charge < -0.3 is 10.2 Å². The van der Waals surface area contributed by atoms with Gasteiger partial charge in [0.15, 0.2) is 0 Å². The Morgan fingerprint density at radius 1 is 0.880 bits per heavy atom. The summed E-state index contributed by atoms with van der Waals surface area (Å²) < 4.78 is 0. The van der Waals surface area contributed by atoms with Crippen molar-refractivity contribution in [1.82, 2.24) is 0 Å². The van der Waals surface area contributed by atoms with Crippen LogP contribution in [-0.2, 0) is 17.6 Å². The molecule has 0 aliphatic carbocycles. The third kappa shape index (κ3) is 8.42. The number of carboxylic acid groups (broad SMARTS) is 1. The molecule has 0 saturated carbocycles. The maximum Gasteiger partial charge on any atom is 0.309 e. The molecule has 1 rings (SSSR count). The van der Waals surface area contributed by atoms with E-state index < -0.39 is 11.4 Å². The molecule has 0 aromatic heterocycles. The summed E-state index contributed by atoms with van der Waals surface area (Å²) in [6.07, 6.45) is 8.09. The number of hydrogen-bond acceptors (Lipinski definition) is 2. The van der Waals surface area contributed by atoms with Gasteiger partial charge in [0.2, 0.25) is 0 Å². The summed E-state index contributed by atoms with van der Waals surface area (Å²) in [7, 11) is 0. The van der Waals surface area contributed by atoms with E-state index in [4.69, 9.17) is 0 Å². The Kier molecular flexibility index (Phi) is 7.98. The molecule has 142 valence electrons. The number of hydrogen-bond donors (Lipinski definition) is 2. The predicted molar refractivity (Wildman–Crippen MR) is 104 cm³/mol. The van der Waals surface area contributed by atoms with E-state index in [2.05, 4.69) is 20.8 Å². The smallest absolute Gasteiger partial charge is 0.309 e. The van der Waals surface area contributed by atoms with Gasteiger partial charge >= 0.3 is 5.97 Å². The fourth-order valence-electron chi connectivity index (χ4n) is 3.05. The summed E-state index contributed by atoms with van der Waals surface area (Å²) in [5, 5.41) is 19.0. The Morgan fingerprint density at radius 2 is 1.44 bits per heavy atom. The highest BCUT2D eigenvalue weighted by Crippen LogP contribution is 2.27. The van der Waals surface area contributed by atoms with E-state index in [1.54, 1.807) is 19.9 Å². The second kappa shape index (κ2) is 9.26. The first-order valence-corrected chi connectivity index (χ1v) is 9.55. The molecule has 0 bridgehead atoms. The molecule has 25 heavy (non-hydrogen) atoms. The fraction of sp³-hybridized carbons (Fsp3) is 0.682. The molecule has 0 aliphatic rings. The van der Waals surface area contributed by atoms with Gasteiger partial charge in [-0.1, -0.05) is 39.7 Å². The van der Waals surface area contributed by atoms with Gasteiger partial charge in [-0.25, -0.2) is 0 Å². The van der Waals surface area contributed by atoms with Crippen LogP contribution in [0.2, 0.25) is 0 Å². The first-order chi connectivity index (χ1) is 11.5. The normalized spacial score (nSPS) is 12.4. The van der Waals surface area contributed by atoms with E-state index in [-0.39, 0.29) is 0 Å². The number of aryl methyl sites for hydroxylation is 2. The van der Waals surface area contributed by atoms with Gasteiger partial charge in [-0.3, -0.25) is 4.79 Å². The maximum absolute atomic E-state index is 11.2. The summed E-state index contributed by atoms with van der Waals surface area (Å²) >= 11 is 0. The first-order valence-electron chi connectivity index (χ1n) is 9.55. The van der Waals surface area contributed by atoms with Crippen LogP contribution in [0, 0.1) is 10.8 Å². The molecule has 0 amide bonds. The SMILES string of the molecule is CC(C)(C)CCCCc1ccc(O)cc1CCCCC(C)(C)C(=O)O. The van der Waals surface area contributed by atoms with Crippen LogP contribution in [0.3, 0.4) is 0 Å². The number of unbranched alkanes of at least 4 members (excludes halogenated alkanes) is 2. The van der Waals surface area contributed by atoms with Gasteiger partial charge in [0.25, 0.3) is 0 Å². The maximum atomic E-state index is 11.2. The van der Waals surface area contributed by atoms with E-state index >= 15 is 0 Å². The van der Waals surface area contributed by atoms with Crippen LogP contribution < -0.4 is 0 Å². The molecule has 0 fully saturated rings. The van der Waals surface area contributed by atoms with E-state index in [9.17, 15) is 15.0 Å². The van der Waals surface area contributed by atoms with Crippen molar-refractivity contribution in [2.45, 2.75) is 86.0 Å². The molecule has 3 nitrogen and oxygen atoms in total.